The van der Waals surface area contributed by atoms with Crippen LogP contribution in [0.25, 0.3) is 11.1 Å². The van der Waals surface area contributed by atoms with E-state index < -0.39 is 0 Å². The van der Waals surface area contributed by atoms with E-state index in [1.165, 1.54) is 18.5 Å². The van der Waals surface area contributed by atoms with Gasteiger partial charge in [0.25, 0.3) is 5.56 Å². The van der Waals surface area contributed by atoms with Gasteiger partial charge in [0, 0.05) is 23.1 Å². The Labute approximate surface area is 134 Å². The third-order valence-corrected chi connectivity index (χ3v) is 4.39. The number of hydrogen-bond acceptors (Lipinski definition) is 2. The first kappa shape index (κ1) is 14.0. The summed E-state index contributed by atoms with van der Waals surface area (Å²) in [6.45, 7) is 0.659. The molecule has 0 aliphatic heterocycles. The molecule has 0 amide bonds. The molecule has 0 spiro atoms. The average Bonchev–Trinajstić information content (AvgIpc) is 3.28. The monoisotopic (exact) mass is 305 g/mol. The van der Waals surface area contributed by atoms with E-state index in [1.54, 1.807) is 0 Å². The maximum atomic E-state index is 12.4. The summed E-state index contributed by atoms with van der Waals surface area (Å²) >= 11 is 0. The zero-order valence-electron chi connectivity index (χ0n) is 12.9. The van der Waals surface area contributed by atoms with Crippen molar-refractivity contribution in [1.82, 2.24) is 14.5 Å². The summed E-state index contributed by atoms with van der Waals surface area (Å²) in [5.74, 6) is 0.824. The minimum Gasteiger partial charge on any atom is -0.329 e. The fourth-order valence-electron chi connectivity index (χ4n) is 2.91. The summed E-state index contributed by atoms with van der Waals surface area (Å²) in [5, 5.41) is 0. The molecule has 3 aromatic rings. The summed E-state index contributed by atoms with van der Waals surface area (Å²) in [6, 6.07) is 13.6. The van der Waals surface area contributed by atoms with Gasteiger partial charge in [0.05, 0.1) is 12.9 Å². The minimum atomic E-state index is -0.0439. The van der Waals surface area contributed by atoms with Gasteiger partial charge in [-0.15, -0.1) is 0 Å². The molecule has 1 N–H and O–H groups in total. The number of nitrogens with one attached hydrogen (secondary N) is 1. The Morgan fingerprint density at radius 2 is 1.96 bits per heavy atom. The number of benzene rings is 1. The number of imidazole rings is 1. The van der Waals surface area contributed by atoms with Crippen molar-refractivity contribution in [3.8, 4) is 11.1 Å². The van der Waals surface area contributed by atoms with E-state index in [-0.39, 0.29) is 5.56 Å². The van der Waals surface area contributed by atoms with Crippen LogP contribution in [0.2, 0.25) is 0 Å². The van der Waals surface area contributed by atoms with Crippen molar-refractivity contribution in [1.29, 1.82) is 0 Å². The average molecular weight is 305 g/mol. The van der Waals surface area contributed by atoms with Gasteiger partial charge in [-0.05, 0) is 42.9 Å². The maximum Gasteiger partial charge on any atom is 0.256 e. The van der Waals surface area contributed by atoms with E-state index in [9.17, 15) is 4.79 Å². The molecule has 4 heteroatoms. The number of aromatic nitrogens is 3. The van der Waals surface area contributed by atoms with E-state index >= 15 is 0 Å². The molecular weight excluding hydrogens is 286 g/mol. The number of hydrogen-bond donors (Lipinski definition) is 1. The SMILES string of the molecule is O=c1[nH]c(Cn2cncc2CC2CC2)ccc1-c1ccccc1. The number of nitrogens with zero attached hydrogens (tertiary/aromatic N) is 2. The molecule has 0 unspecified atom stereocenters. The molecule has 116 valence electrons. The Kier molecular flexibility index (Phi) is 3.58. The topological polar surface area (TPSA) is 50.7 Å². The van der Waals surface area contributed by atoms with Crippen LogP contribution in [0.1, 0.15) is 24.2 Å². The molecule has 4 nitrogen and oxygen atoms in total. The van der Waals surface area contributed by atoms with Crippen LogP contribution >= 0.6 is 0 Å². The second-order valence-corrected chi connectivity index (χ2v) is 6.25. The van der Waals surface area contributed by atoms with Crippen LogP contribution < -0.4 is 5.56 Å². The molecule has 2 aromatic heterocycles. The Hall–Kier alpha value is -2.62. The summed E-state index contributed by atoms with van der Waals surface area (Å²) in [6.07, 6.45) is 7.53. The second-order valence-electron chi connectivity index (χ2n) is 6.25. The van der Waals surface area contributed by atoms with Crippen LogP contribution in [0.5, 0.6) is 0 Å². The van der Waals surface area contributed by atoms with Crippen molar-refractivity contribution in [2.75, 3.05) is 0 Å². The highest BCUT2D eigenvalue weighted by Gasteiger charge is 2.23. The highest BCUT2D eigenvalue weighted by molar-refractivity contribution is 5.62. The molecular formula is C19H19N3O. The lowest BCUT2D eigenvalue weighted by Crippen LogP contribution is -2.14. The quantitative estimate of drug-likeness (QED) is 0.786. The van der Waals surface area contributed by atoms with E-state index in [0.29, 0.717) is 12.1 Å². The third kappa shape index (κ3) is 3.11. The van der Waals surface area contributed by atoms with Gasteiger partial charge in [-0.2, -0.15) is 0 Å². The van der Waals surface area contributed by atoms with Crippen molar-refractivity contribution < 1.29 is 0 Å². The standard InChI is InChI=1S/C19H19N3O/c23-19-18(15-4-2-1-3-5-15)9-8-16(21-19)12-22-13-20-11-17(22)10-14-6-7-14/h1-5,8-9,11,13-14H,6-7,10,12H2,(H,21,23). The van der Waals surface area contributed by atoms with Crippen molar-refractivity contribution in [3.05, 3.63) is 76.7 Å². The van der Waals surface area contributed by atoms with Crippen molar-refractivity contribution in [3.63, 3.8) is 0 Å². The van der Waals surface area contributed by atoms with Crippen LogP contribution in [0.3, 0.4) is 0 Å². The number of H-pyrrole nitrogens is 1. The molecule has 4 rings (SSSR count). The van der Waals surface area contributed by atoms with Crippen molar-refractivity contribution in [2.24, 2.45) is 5.92 Å². The first-order valence-corrected chi connectivity index (χ1v) is 8.06. The lowest BCUT2D eigenvalue weighted by Gasteiger charge is -2.09. The molecule has 1 aromatic carbocycles. The van der Waals surface area contributed by atoms with E-state index in [0.717, 1.165) is 23.6 Å². The molecule has 0 saturated heterocycles. The van der Waals surface area contributed by atoms with Gasteiger partial charge >= 0.3 is 0 Å². The van der Waals surface area contributed by atoms with Gasteiger partial charge in [-0.1, -0.05) is 30.3 Å². The minimum absolute atomic E-state index is 0.0439. The molecule has 1 saturated carbocycles. The summed E-state index contributed by atoms with van der Waals surface area (Å²) in [5.41, 5.74) is 3.76. The third-order valence-electron chi connectivity index (χ3n) is 4.39. The van der Waals surface area contributed by atoms with E-state index in [2.05, 4.69) is 14.5 Å². The van der Waals surface area contributed by atoms with E-state index in [4.69, 9.17) is 0 Å². The largest absolute Gasteiger partial charge is 0.329 e. The highest BCUT2D eigenvalue weighted by atomic mass is 16.1. The van der Waals surface area contributed by atoms with Crippen LogP contribution in [0.4, 0.5) is 0 Å². The van der Waals surface area contributed by atoms with Crippen molar-refractivity contribution >= 4 is 0 Å². The Balaban J connectivity index is 1.57. The summed E-state index contributed by atoms with van der Waals surface area (Å²) in [4.78, 5) is 19.6. The predicted molar refractivity (Wildman–Crippen MR) is 90.3 cm³/mol. The second kappa shape index (κ2) is 5.88. The fourth-order valence-corrected chi connectivity index (χ4v) is 2.91. The molecule has 23 heavy (non-hydrogen) atoms. The van der Waals surface area contributed by atoms with Crippen LogP contribution in [0, 0.1) is 5.92 Å². The van der Waals surface area contributed by atoms with Gasteiger partial charge < -0.3 is 9.55 Å². The number of rotatable bonds is 5. The summed E-state index contributed by atoms with van der Waals surface area (Å²) < 4.78 is 2.13. The van der Waals surface area contributed by atoms with E-state index in [1.807, 2.05) is 55.0 Å². The van der Waals surface area contributed by atoms with Gasteiger partial charge in [0.2, 0.25) is 0 Å². The zero-order valence-corrected chi connectivity index (χ0v) is 12.9. The van der Waals surface area contributed by atoms with Crippen LogP contribution in [0.15, 0.2) is 59.8 Å². The molecule has 1 fully saturated rings. The van der Waals surface area contributed by atoms with Crippen LogP contribution in [-0.2, 0) is 13.0 Å². The van der Waals surface area contributed by atoms with Gasteiger partial charge in [0.1, 0.15) is 0 Å². The van der Waals surface area contributed by atoms with Gasteiger partial charge in [0.15, 0.2) is 0 Å². The number of pyridine rings is 1. The smallest absolute Gasteiger partial charge is 0.256 e. The summed E-state index contributed by atoms with van der Waals surface area (Å²) in [7, 11) is 0. The fraction of sp³-hybridized carbons (Fsp3) is 0.263. The normalized spacial score (nSPS) is 14.1. The molecule has 2 heterocycles. The first-order valence-electron chi connectivity index (χ1n) is 8.06. The molecule has 0 bridgehead atoms. The molecule has 1 aliphatic carbocycles. The predicted octanol–water partition coefficient (Wildman–Crippen LogP) is 3.24. The lowest BCUT2D eigenvalue weighted by atomic mass is 10.1. The highest BCUT2D eigenvalue weighted by Crippen LogP contribution is 2.32. The Morgan fingerprint density at radius 1 is 1.13 bits per heavy atom. The number of aromatic amines is 1. The van der Waals surface area contributed by atoms with Crippen molar-refractivity contribution in [2.45, 2.75) is 25.8 Å². The lowest BCUT2D eigenvalue weighted by molar-refractivity contribution is 0.686. The Bertz CT molecular complexity index is 860. The zero-order chi connectivity index (χ0) is 15.6. The maximum absolute atomic E-state index is 12.4. The molecule has 0 radical (unpaired) electrons. The van der Waals surface area contributed by atoms with Gasteiger partial charge in [-0.3, -0.25) is 4.79 Å². The van der Waals surface area contributed by atoms with Gasteiger partial charge in [-0.25, -0.2) is 4.98 Å². The first-order chi connectivity index (χ1) is 11.3. The van der Waals surface area contributed by atoms with Crippen LogP contribution in [-0.4, -0.2) is 14.5 Å². The molecule has 1 aliphatic rings. The molecule has 0 atom stereocenters. The Morgan fingerprint density at radius 3 is 2.70 bits per heavy atom.